The van der Waals surface area contributed by atoms with E-state index in [4.69, 9.17) is 11.3 Å². The van der Waals surface area contributed by atoms with Gasteiger partial charge >= 0.3 is 0 Å². The Morgan fingerprint density at radius 2 is 1.83 bits per heavy atom. The highest BCUT2D eigenvalue weighted by atomic mass is 32.2. The van der Waals surface area contributed by atoms with E-state index in [1.807, 2.05) is 60.7 Å². The molecule has 5 N–H and O–H groups in total. The van der Waals surface area contributed by atoms with E-state index < -0.39 is 5.25 Å². The molecule has 0 radical (unpaired) electrons. The van der Waals surface area contributed by atoms with Crippen LogP contribution in [0.5, 0.6) is 0 Å². The molecule has 0 spiro atoms. The lowest BCUT2D eigenvalue weighted by molar-refractivity contribution is -0.120. The maximum Gasteiger partial charge on any atom is 0.238 e. The van der Waals surface area contributed by atoms with Crippen molar-refractivity contribution in [3.63, 3.8) is 0 Å². The standard InChI is InChI=1S/C21H22N6OS/c1-24-20-18(27-23)16(12-17(22)26-20)29-19(15-10-6-3-7-11-15)21(28)25-13-14-8-4-2-5-9-14/h2-12,19,23H,13H2,1H3,(H,25,28)(H3,22,24,26). The van der Waals surface area contributed by atoms with E-state index in [9.17, 15) is 4.79 Å². The molecule has 29 heavy (non-hydrogen) atoms. The van der Waals surface area contributed by atoms with Crippen molar-refractivity contribution in [2.24, 2.45) is 5.11 Å². The Morgan fingerprint density at radius 3 is 2.45 bits per heavy atom. The number of thioether (sulfide) groups is 1. The number of carbonyl (C=O) groups is 1. The smallest absolute Gasteiger partial charge is 0.238 e. The molecule has 7 nitrogen and oxygen atoms in total. The van der Waals surface area contributed by atoms with E-state index in [0.29, 0.717) is 28.8 Å². The van der Waals surface area contributed by atoms with E-state index in [2.05, 4.69) is 20.7 Å². The summed E-state index contributed by atoms with van der Waals surface area (Å²) in [7, 11) is 1.69. The van der Waals surface area contributed by atoms with E-state index in [1.54, 1.807) is 13.1 Å². The summed E-state index contributed by atoms with van der Waals surface area (Å²) in [5.74, 6) is 0.558. The Bertz CT molecular complexity index is 981. The van der Waals surface area contributed by atoms with E-state index in [-0.39, 0.29) is 5.91 Å². The van der Waals surface area contributed by atoms with Crippen LogP contribution in [0.4, 0.5) is 17.3 Å². The minimum atomic E-state index is -0.535. The number of nitrogens with two attached hydrogens (primary N) is 1. The summed E-state index contributed by atoms with van der Waals surface area (Å²) in [4.78, 5) is 17.9. The van der Waals surface area contributed by atoms with Gasteiger partial charge in [-0.1, -0.05) is 60.7 Å². The SMILES string of the molecule is CNc1nc(N)cc(SC(C(=O)NCc2ccccc2)c2ccccc2)c1N=N. The van der Waals surface area contributed by atoms with E-state index in [0.717, 1.165) is 11.1 Å². The molecule has 0 bridgehead atoms. The molecule has 3 rings (SSSR count). The van der Waals surface area contributed by atoms with Crippen molar-refractivity contribution in [2.75, 3.05) is 18.1 Å². The van der Waals surface area contributed by atoms with Crippen molar-refractivity contribution >= 4 is 35.0 Å². The Kier molecular flexibility index (Phi) is 6.80. The lowest BCUT2D eigenvalue weighted by Crippen LogP contribution is -2.27. The van der Waals surface area contributed by atoms with Crippen molar-refractivity contribution < 1.29 is 4.79 Å². The summed E-state index contributed by atoms with van der Waals surface area (Å²) < 4.78 is 0. The first kappa shape index (κ1) is 20.3. The van der Waals surface area contributed by atoms with Crippen LogP contribution in [-0.4, -0.2) is 17.9 Å². The molecule has 0 aliphatic heterocycles. The van der Waals surface area contributed by atoms with Crippen LogP contribution in [-0.2, 0) is 11.3 Å². The van der Waals surface area contributed by atoms with Crippen molar-refractivity contribution in [1.29, 1.82) is 5.53 Å². The van der Waals surface area contributed by atoms with Gasteiger partial charge in [0.05, 0.1) is 0 Å². The summed E-state index contributed by atoms with van der Waals surface area (Å²) in [5.41, 5.74) is 15.7. The van der Waals surface area contributed by atoms with Crippen LogP contribution in [0.25, 0.3) is 0 Å². The summed E-state index contributed by atoms with van der Waals surface area (Å²) >= 11 is 1.29. The molecule has 1 aromatic heterocycles. The van der Waals surface area contributed by atoms with Crippen LogP contribution < -0.4 is 16.4 Å². The average molecular weight is 407 g/mol. The second-order valence-corrected chi connectivity index (χ2v) is 7.36. The third-order valence-corrected chi connectivity index (χ3v) is 5.51. The largest absolute Gasteiger partial charge is 0.384 e. The normalized spacial score (nSPS) is 11.5. The van der Waals surface area contributed by atoms with Crippen LogP contribution in [0, 0.1) is 5.53 Å². The lowest BCUT2D eigenvalue weighted by atomic mass is 10.1. The van der Waals surface area contributed by atoms with Crippen LogP contribution in [0.3, 0.4) is 0 Å². The molecule has 1 heterocycles. The molecule has 1 atom stereocenters. The van der Waals surface area contributed by atoms with Crippen molar-refractivity contribution in [1.82, 2.24) is 10.3 Å². The van der Waals surface area contributed by atoms with Gasteiger partial charge < -0.3 is 16.4 Å². The molecule has 8 heteroatoms. The number of nitrogens with zero attached hydrogens (tertiary/aromatic N) is 2. The average Bonchev–Trinajstić information content (AvgIpc) is 2.76. The Morgan fingerprint density at radius 1 is 1.17 bits per heavy atom. The fraction of sp³-hybridized carbons (Fsp3) is 0.143. The van der Waals surface area contributed by atoms with Crippen molar-refractivity contribution in [2.45, 2.75) is 16.7 Å². The maximum absolute atomic E-state index is 13.1. The zero-order chi connectivity index (χ0) is 20.6. The highest BCUT2D eigenvalue weighted by Gasteiger charge is 2.24. The topological polar surface area (TPSA) is 116 Å². The summed E-state index contributed by atoms with van der Waals surface area (Å²) in [6, 6.07) is 20.9. The highest BCUT2D eigenvalue weighted by molar-refractivity contribution is 8.00. The van der Waals surface area contributed by atoms with Crippen LogP contribution >= 0.6 is 11.8 Å². The molecule has 0 fully saturated rings. The van der Waals surface area contributed by atoms with Crippen LogP contribution in [0.2, 0.25) is 0 Å². The minimum Gasteiger partial charge on any atom is -0.384 e. The first-order valence-corrected chi connectivity index (χ1v) is 9.89. The molecule has 148 valence electrons. The predicted molar refractivity (Wildman–Crippen MR) is 116 cm³/mol. The second-order valence-electron chi connectivity index (χ2n) is 6.22. The zero-order valence-electron chi connectivity index (χ0n) is 15.9. The first-order valence-electron chi connectivity index (χ1n) is 9.01. The van der Waals surface area contributed by atoms with Crippen molar-refractivity contribution in [3.8, 4) is 0 Å². The number of nitrogen functional groups attached to an aromatic ring is 1. The number of amides is 1. The van der Waals surface area contributed by atoms with Crippen LogP contribution in [0.1, 0.15) is 16.4 Å². The first-order chi connectivity index (χ1) is 14.1. The zero-order valence-corrected chi connectivity index (χ0v) is 16.7. The number of aromatic nitrogens is 1. The molecule has 1 amide bonds. The Labute approximate surface area is 173 Å². The molecular formula is C21H22N6OS. The molecule has 0 saturated heterocycles. The lowest BCUT2D eigenvalue weighted by Gasteiger charge is -2.19. The fourth-order valence-corrected chi connectivity index (χ4v) is 3.99. The number of anilines is 2. The van der Waals surface area contributed by atoms with Gasteiger partial charge in [0, 0.05) is 18.5 Å². The minimum absolute atomic E-state index is 0.137. The third kappa shape index (κ3) is 5.11. The van der Waals surface area contributed by atoms with E-state index in [1.165, 1.54) is 11.8 Å². The molecule has 0 aliphatic rings. The quantitative estimate of drug-likeness (QED) is 0.324. The monoisotopic (exact) mass is 406 g/mol. The number of hydrogen-bond acceptors (Lipinski definition) is 7. The summed E-state index contributed by atoms with van der Waals surface area (Å²) in [5, 5.41) is 8.96. The number of hydrogen-bond donors (Lipinski definition) is 4. The van der Waals surface area contributed by atoms with Gasteiger partial charge in [-0.15, -0.1) is 11.8 Å². The molecule has 3 aromatic rings. The molecule has 0 saturated carbocycles. The summed E-state index contributed by atoms with van der Waals surface area (Å²) in [6.07, 6.45) is 0. The van der Waals surface area contributed by atoms with Gasteiger partial charge in [-0.3, -0.25) is 4.79 Å². The van der Waals surface area contributed by atoms with Crippen LogP contribution in [0.15, 0.2) is 76.7 Å². The fourth-order valence-electron chi connectivity index (χ4n) is 2.81. The number of carbonyl (C=O) groups excluding carboxylic acids is 1. The Balaban J connectivity index is 1.90. The number of pyridine rings is 1. The number of rotatable bonds is 8. The van der Waals surface area contributed by atoms with Gasteiger partial charge in [-0.2, -0.15) is 5.11 Å². The summed E-state index contributed by atoms with van der Waals surface area (Å²) in [6.45, 7) is 0.430. The molecule has 2 aromatic carbocycles. The van der Waals surface area contributed by atoms with Gasteiger partial charge in [0.1, 0.15) is 16.8 Å². The molecular weight excluding hydrogens is 384 g/mol. The Hall–Kier alpha value is -3.39. The highest BCUT2D eigenvalue weighted by Crippen LogP contribution is 2.43. The third-order valence-electron chi connectivity index (χ3n) is 4.22. The molecule has 0 aliphatic carbocycles. The maximum atomic E-state index is 13.1. The number of benzene rings is 2. The van der Waals surface area contributed by atoms with Gasteiger partial charge in [-0.05, 0) is 17.2 Å². The van der Waals surface area contributed by atoms with E-state index >= 15 is 0 Å². The van der Waals surface area contributed by atoms with Gasteiger partial charge in [-0.25, -0.2) is 10.5 Å². The second kappa shape index (κ2) is 9.70. The van der Waals surface area contributed by atoms with Crippen molar-refractivity contribution in [3.05, 3.63) is 77.9 Å². The number of nitrogens with one attached hydrogen (secondary N) is 3. The van der Waals surface area contributed by atoms with Gasteiger partial charge in [0.2, 0.25) is 5.91 Å². The molecule has 1 unspecified atom stereocenters. The predicted octanol–water partition coefficient (Wildman–Crippen LogP) is 4.52. The van der Waals surface area contributed by atoms with Gasteiger partial charge in [0.15, 0.2) is 5.82 Å². The van der Waals surface area contributed by atoms with Gasteiger partial charge in [0.25, 0.3) is 0 Å².